The highest BCUT2D eigenvalue weighted by Crippen LogP contribution is 2.34. The number of amides is 2. The van der Waals surface area contributed by atoms with Crippen LogP contribution >= 0.6 is 0 Å². The van der Waals surface area contributed by atoms with Crippen molar-refractivity contribution in [2.24, 2.45) is 5.92 Å². The first-order valence-corrected chi connectivity index (χ1v) is 11.5. The number of benzene rings is 3. The van der Waals surface area contributed by atoms with Crippen molar-refractivity contribution in [1.29, 1.82) is 0 Å². The predicted octanol–water partition coefficient (Wildman–Crippen LogP) is 6.25. The molecule has 0 spiro atoms. The molecule has 190 valence electrons. The fraction of sp³-hybridized carbons (Fsp3) is 0.333. The van der Waals surface area contributed by atoms with Crippen LogP contribution in [0, 0.1) is 5.92 Å². The van der Waals surface area contributed by atoms with E-state index in [0.29, 0.717) is 30.9 Å². The number of alkyl halides is 3. The summed E-state index contributed by atoms with van der Waals surface area (Å²) in [5.41, 5.74) is -0.824. The maximum atomic E-state index is 12.8. The highest BCUT2D eigenvalue weighted by atomic mass is 19.4. The highest BCUT2D eigenvalue weighted by Gasteiger charge is 2.34. The number of nitrogens with zero attached hydrogens (tertiary/aromatic N) is 1. The summed E-state index contributed by atoms with van der Waals surface area (Å²) in [6.07, 6.45) is -4.76. The monoisotopic (exact) mass is 500 g/mol. The molecule has 9 heteroatoms. The van der Waals surface area contributed by atoms with Gasteiger partial charge in [-0.3, -0.25) is 4.79 Å². The van der Waals surface area contributed by atoms with E-state index >= 15 is 0 Å². The molecular formula is C27H27F3N2O4. The van der Waals surface area contributed by atoms with E-state index in [1.165, 1.54) is 12.1 Å². The fourth-order valence-electron chi connectivity index (χ4n) is 3.84. The Hall–Kier alpha value is -3.75. The molecule has 2 amide bonds. The van der Waals surface area contributed by atoms with Gasteiger partial charge in [0.15, 0.2) is 0 Å². The van der Waals surface area contributed by atoms with E-state index in [2.05, 4.69) is 5.32 Å². The lowest BCUT2D eigenvalue weighted by Gasteiger charge is -2.39. The molecule has 36 heavy (non-hydrogen) atoms. The zero-order chi connectivity index (χ0) is 26.1. The molecule has 0 radical (unpaired) electrons. The van der Waals surface area contributed by atoms with Gasteiger partial charge in [-0.1, -0.05) is 12.1 Å². The van der Waals surface area contributed by atoms with Gasteiger partial charge >= 0.3 is 12.3 Å². The van der Waals surface area contributed by atoms with Crippen molar-refractivity contribution < 1.29 is 32.2 Å². The second-order valence-corrected chi connectivity index (χ2v) is 9.78. The summed E-state index contributed by atoms with van der Waals surface area (Å²) in [6.45, 7) is 6.93. The molecular weight excluding hydrogens is 473 g/mol. The third-order valence-electron chi connectivity index (χ3n) is 5.67. The van der Waals surface area contributed by atoms with E-state index < -0.39 is 17.3 Å². The average molecular weight is 501 g/mol. The number of hydrogen-bond donors (Lipinski definition) is 1. The van der Waals surface area contributed by atoms with E-state index in [1.807, 2.05) is 26.8 Å². The minimum atomic E-state index is -4.41. The van der Waals surface area contributed by atoms with Gasteiger partial charge < -0.3 is 19.7 Å². The largest absolute Gasteiger partial charge is 0.457 e. The van der Waals surface area contributed by atoms with Crippen molar-refractivity contribution in [2.75, 3.05) is 19.6 Å². The minimum Gasteiger partial charge on any atom is -0.457 e. The van der Waals surface area contributed by atoms with Gasteiger partial charge in [-0.25, -0.2) is 4.79 Å². The zero-order valence-corrected chi connectivity index (χ0v) is 20.2. The summed E-state index contributed by atoms with van der Waals surface area (Å²) in [7, 11) is 0. The Kier molecular flexibility index (Phi) is 6.84. The van der Waals surface area contributed by atoms with Crippen molar-refractivity contribution in [2.45, 2.75) is 32.5 Å². The number of carbonyl (C=O) groups is 2. The maximum absolute atomic E-state index is 12.8. The molecule has 4 rings (SSSR count). The Bertz CT molecular complexity index is 1260. The summed E-state index contributed by atoms with van der Waals surface area (Å²) in [4.78, 5) is 26.3. The summed E-state index contributed by atoms with van der Waals surface area (Å²) in [5.74, 6) is 0.668. The van der Waals surface area contributed by atoms with Crippen LogP contribution in [-0.2, 0) is 10.9 Å². The number of likely N-dealkylation sites (tertiary alicyclic amines) is 1. The smallest absolute Gasteiger partial charge is 0.416 e. The van der Waals surface area contributed by atoms with Crippen molar-refractivity contribution in [3.63, 3.8) is 0 Å². The lowest BCUT2D eigenvalue weighted by Crippen LogP contribution is -2.54. The van der Waals surface area contributed by atoms with Gasteiger partial charge in [-0.15, -0.1) is 0 Å². The number of nitrogens with one attached hydrogen (secondary N) is 1. The van der Waals surface area contributed by atoms with Crippen molar-refractivity contribution in [1.82, 2.24) is 10.2 Å². The van der Waals surface area contributed by atoms with Crippen LogP contribution in [0.3, 0.4) is 0 Å². The van der Waals surface area contributed by atoms with Crippen LogP contribution in [0.15, 0.2) is 60.7 Å². The number of ether oxygens (including phenoxy) is 2. The number of halogens is 3. The first kappa shape index (κ1) is 25.3. The lowest BCUT2D eigenvalue weighted by atomic mass is 10.0. The molecule has 0 aromatic heterocycles. The molecule has 6 nitrogen and oxygen atoms in total. The van der Waals surface area contributed by atoms with Gasteiger partial charge in [-0.2, -0.15) is 13.2 Å². The summed E-state index contributed by atoms with van der Waals surface area (Å²) >= 11 is 0. The van der Waals surface area contributed by atoms with Crippen LogP contribution < -0.4 is 10.1 Å². The SMILES string of the molecule is CC(C)(C)OC(=O)N1CC(CNC(=O)c2ccc3c(Oc4ccc(C(F)(F)F)cc4)cccc3c2)C1. The number of hydrogen-bond acceptors (Lipinski definition) is 4. The van der Waals surface area contributed by atoms with Crippen molar-refractivity contribution >= 4 is 22.8 Å². The molecule has 3 aromatic carbocycles. The third-order valence-corrected chi connectivity index (χ3v) is 5.67. The molecule has 1 saturated heterocycles. The molecule has 1 fully saturated rings. The van der Waals surface area contributed by atoms with Gasteiger partial charge in [-0.05, 0) is 74.7 Å². The highest BCUT2D eigenvalue weighted by molar-refractivity contribution is 6.00. The number of carbonyl (C=O) groups excluding carboxylic acids is 2. The maximum Gasteiger partial charge on any atom is 0.416 e. The van der Waals surface area contributed by atoms with E-state index in [-0.39, 0.29) is 23.7 Å². The second kappa shape index (κ2) is 9.72. The van der Waals surface area contributed by atoms with Gasteiger partial charge in [0.05, 0.1) is 5.56 Å². The molecule has 1 aliphatic rings. The van der Waals surface area contributed by atoms with Gasteiger partial charge in [0.25, 0.3) is 5.91 Å². The van der Waals surface area contributed by atoms with Crippen LogP contribution in [0.2, 0.25) is 0 Å². The Morgan fingerprint density at radius 1 is 1.00 bits per heavy atom. The van der Waals surface area contributed by atoms with Crippen molar-refractivity contribution in [3.8, 4) is 11.5 Å². The quantitative estimate of drug-likeness (QED) is 0.450. The van der Waals surface area contributed by atoms with Crippen molar-refractivity contribution in [3.05, 3.63) is 71.8 Å². The zero-order valence-electron chi connectivity index (χ0n) is 20.2. The molecule has 0 aliphatic carbocycles. The number of rotatable bonds is 5. The molecule has 0 atom stereocenters. The van der Waals surface area contributed by atoms with Gasteiger partial charge in [0.1, 0.15) is 17.1 Å². The standard InChI is InChI=1S/C27H27F3N2O4/c1-26(2,3)36-25(34)32-15-17(16-32)14-31-24(33)19-7-12-22-18(13-19)5-4-6-23(22)35-21-10-8-20(9-11-21)27(28,29)30/h4-13,17H,14-16H2,1-3H3,(H,31,33). The van der Waals surface area contributed by atoms with E-state index in [0.717, 1.165) is 22.9 Å². The first-order chi connectivity index (χ1) is 16.9. The Balaban J connectivity index is 1.36. The summed E-state index contributed by atoms with van der Waals surface area (Å²) in [6, 6.07) is 14.9. The molecule has 3 aromatic rings. The van der Waals surface area contributed by atoms with Crippen LogP contribution in [0.5, 0.6) is 11.5 Å². The first-order valence-electron chi connectivity index (χ1n) is 11.5. The Morgan fingerprint density at radius 2 is 1.69 bits per heavy atom. The normalized spacial score (nSPS) is 14.3. The molecule has 1 N–H and O–H groups in total. The van der Waals surface area contributed by atoms with Gasteiger partial charge in [0.2, 0.25) is 0 Å². The van der Waals surface area contributed by atoms with Crippen LogP contribution in [-0.4, -0.2) is 42.1 Å². The molecule has 1 aliphatic heterocycles. The van der Waals surface area contributed by atoms with Crippen LogP contribution in [0.1, 0.15) is 36.7 Å². The number of fused-ring (bicyclic) bond motifs is 1. The summed E-state index contributed by atoms with van der Waals surface area (Å²) < 4.78 is 49.5. The second-order valence-electron chi connectivity index (χ2n) is 9.78. The topological polar surface area (TPSA) is 67.9 Å². The molecule has 1 heterocycles. The minimum absolute atomic E-state index is 0.158. The Labute approximate surface area is 207 Å². The molecule has 0 bridgehead atoms. The van der Waals surface area contributed by atoms with E-state index in [4.69, 9.17) is 9.47 Å². The lowest BCUT2D eigenvalue weighted by molar-refractivity contribution is -0.137. The van der Waals surface area contributed by atoms with Gasteiger partial charge in [0, 0.05) is 36.5 Å². The van der Waals surface area contributed by atoms with Crippen LogP contribution in [0.4, 0.5) is 18.0 Å². The average Bonchev–Trinajstić information content (AvgIpc) is 2.76. The molecule has 0 unspecified atom stereocenters. The Morgan fingerprint density at radius 3 is 2.33 bits per heavy atom. The van der Waals surface area contributed by atoms with E-state index in [1.54, 1.807) is 35.2 Å². The predicted molar refractivity (Wildman–Crippen MR) is 129 cm³/mol. The van der Waals surface area contributed by atoms with E-state index in [9.17, 15) is 22.8 Å². The summed E-state index contributed by atoms with van der Waals surface area (Å²) in [5, 5.41) is 4.38. The third kappa shape index (κ3) is 6.08. The fourth-order valence-corrected chi connectivity index (χ4v) is 3.84. The van der Waals surface area contributed by atoms with Crippen LogP contribution in [0.25, 0.3) is 10.8 Å². The molecule has 0 saturated carbocycles.